The van der Waals surface area contributed by atoms with Crippen molar-refractivity contribution in [3.05, 3.63) is 35.1 Å². The lowest BCUT2D eigenvalue weighted by molar-refractivity contribution is -0.138. The van der Waals surface area contributed by atoms with Crippen LogP contribution < -0.4 is 5.32 Å². The normalized spacial score (nSPS) is 11.2. The third-order valence-corrected chi connectivity index (χ3v) is 2.16. The predicted molar refractivity (Wildman–Crippen MR) is 56.0 cm³/mol. The summed E-state index contributed by atoms with van der Waals surface area (Å²) in [5.41, 5.74) is -1.93. The summed E-state index contributed by atoms with van der Waals surface area (Å²) in [5, 5.41) is 10.4. The average molecular weight is 279 g/mol. The van der Waals surface area contributed by atoms with Crippen LogP contribution in [0, 0.1) is 5.82 Å². The van der Waals surface area contributed by atoms with Crippen LogP contribution in [0.4, 0.5) is 17.6 Å². The first-order valence-corrected chi connectivity index (χ1v) is 5.08. The number of carboxylic acids is 1. The molecule has 2 N–H and O–H groups in total. The van der Waals surface area contributed by atoms with Crippen molar-refractivity contribution in [3.8, 4) is 0 Å². The summed E-state index contributed by atoms with van der Waals surface area (Å²) in [7, 11) is 0. The predicted octanol–water partition coefficient (Wildman–Crippen LogP) is 2.05. The lowest BCUT2D eigenvalue weighted by Gasteiger charge is -2.09. The number of nitrogens with one attached hydrogen (secondary N) is 1. The lowest BCUT2D eigenvalue weighted by Crippen LogP contribution is -2.27. The summed E-state index contributed by atoms with van der Waals surface area (Å²) >= 11 is 0. The third kappa shape index (κ3) is 4.23. The van der Waals surface area contributed by atoms with E-state index in [4.69, 9.17) is 5.11 Å². The number of carbonyl (C=O) groups is 2. The van der Waals surface area contributed by atoms with E-state index in [1.165, 1.54) is 0 Å². The van der Waals surface area contributed by atoms with Crippen molar-refractivity contribution in [1.29, 1.82) is 0 Å². The Kier molecular flexibility index (Phi) is 4.47. The first-order valence-electron chi connectivity index (χ1n) is 5.08. The number of benzene rings is 1. The molecule has 19 heavy (non-hydrogen) atoms. The van der Waals surface area contributed by atoms with Gasteiger partial charge in [0.15, 0.2) is 0 Å². The molecule has 0 heterocycles. The van der Waals surface area contributed by atoms with Gasteiger partial charge in [-0.15, -0.1) is 0 Å². The van der Waals surface area contributed by atoms with E-state index in [9.17, 15) is 27.2 Å². The minimum Gasteiger partial charge on any atom is -0.481 e. The number of hydrogen-bond donors (Lipinski definition) is 2. The van der Waals surface area contributed by atoms with Gasteiger partial charge in [0, 0.05) is 6.54 Å². The van der Waals surface area contributed by atoms with Gasteiger partial charge in [0.05, 0.1) is 17.5 Å². The van der Waals surface area contributed by atoms with Crippen LogP contribution in [0.5, 0.6) is 0 Å². The van der Waals surface area contributed by atoms with Crippen molar-refractivity contribution in [1.82, 2.24) is 5.32 Å². The van der Waals surface area contributed by atoms with Gasteiger partial charge in [0.1, 0.15) is 5.82 Å². The van der Waals surface area contributed by atoms with E-state index >= 15 is 0 Å². The zero-order valence-corrected chi connectivity index (χ0v) is 9.42. The molecule has 0 aliphatic carbocycles. The summed E-state index contributed by atoms with van der Waals surface area (Å²) in [6.45, 7) is -0.302. The molecule has 1 aromatic rings. The Morgan fingerprint density at radius 3 is 2.42 bits per heavy atom. The van der Waals surface area contributed by atoms with Crippen molar-refractivity contribution in [2.75, 3.05) is 6.54 Å². The molecule has 0 atom stereocenters. The van der Waals surface area contributed by atoms with Crippen LogP contribution in [0.2, 0.25) is 0 Å². The van der Waals surface area contributed by atoms with Gasteiger partial charge >= 0.3 is 12.1 Å². The molecule has 0 spiro atoms. The van der Waals surface area contributed by atoms with E-state index in [-0.39, 0.29) is 6.54 Å². The first-order chi connectivity index (χ1) is 8.71. The Hall–Kier alpha value is -2.12. The molecule has 0 aliphatic heterocycles. The topological polar surface area (TPSA) is 66.4 Å². The van der Waals surface area contributed by atoms with Gasteiger partial charge < -0.3 is 10.4 Å². The van der Waals surface area contributed by atoms with Crippen LogP contribution in [0.1, 0.15) is 22.3 Å². The van der Waals surface area contributed by atoms with Gasteiger partial charge in [-0.1, -0.05) is 0 Å². The van der Waals surface area contributed by atoms with Gasteiger partial charge in [-0.25, -0.2) is 4.39 Å². The van der Waals surface area contributed by atoms with Crippen molar-refractivity contribution < 1.29 is 32.3 Å². The van der Waals surface area contributed by atoms with Crippen LogP contribution in [0.3, 0.4) is 0 Å². The smallest absolute Gasteiger partial charge is 0.416 e. The zero-order valence-electron chi connectivity index (χ0n) is 9.42. The van der Waals surface area contributed by atoms with E-state index in [1.54, 1.807) is 0 Å². The summed E-state index contributed by atoms with van der Waals surface area (Å²) in [6.07, 6.45) is -5.10. The summed E-state index contributed by atoms with van der Waals surface area (Å²) < 4.78 is 50.4. The van der Waals surface area contributed by atoms with Crippen LogP contribution in [-0.2, 0) is 11.0 Å². The fourth-order valence-electron chi connectivity index (χ4n) is 1.25. The van der Waals surface area contributed by atoms with E-state index in [0.29, 0.717) is 18.2 Å². The van der Waals surface area contributed by atoms with Crippen LogP contribution >= 0.6 is 0 Å². The monoisotopic (exact) mass is 279 g/mol. The van der Waals surface area contributed by atoms with E-state index < -0.39 is 41.4 Å². The fourth-order valence-corrected chi connectivity index (χ4v) is 1.25. The van der Waals surface area contributed by atoms with Crippen molar-refractivity contribution in [3.63, 3.8) is 0 Å². The number of aliphatic carboxylic acids is 1. The molecule has 104 valence electrons. The Morgan fingerprint density at radius 2 is 1.89 bits per heavy atom. The maximum absolute atomic E-state index is 13.2. The van der Waals surface area contributed by atoms with Crippen LogP contribution in [0.25, 0.3) is 0 Å². The largest absolute Gasteiger partial charge is 0.481 e. The molecular formula is C11H9F4NO3. The molecule has 1 amide bonds. The molecule has 0 saturated heterocycles. The quantitative estimate of drug-likeness (QED) is 0.829. The molecule has 0 bridgehead atoms. The molecule has 0 aromatic heterocycles. The highest BCUT2D eigenvalue weighted by atomic mass is 19.4. The van der Waals surface area contributed by atoms with E-state index in [2.05, 4.69) is 0 Å². The minimum absolute atomic E-state index is 0.302. The second kappa shape index (κ2) is 5.68. The Bertz CT molecular complexity index is 499. The van der Waals surface area contributed by atoms with Gasteiger partial charge in [-0.05, 0) is 18.2 Å². The zero-order chi connectivity index (χ0) is 14.6. The molecule has 0 radical (unpaired) electrons. The van der Waals surface area contributed by atoms with E-state index in [0.717, 1.165) is 0 Å². The highest BCUT2D eigenvalue weighted by Crippen LogP contribution is 2.30. The van der Waals surface area contributed by atoms with Crippen LogP contribution in [-0.4, -0.2) is 23.5 Å². The van der Waals surface area contributed by atoms with Gasteiger partial charge in [-0.2, -0.15) is 13.2 Å². The number of rotatable bonds is 4. The fraction of sp³-hybridized carbons (Fsp3) is 0.273. The Balaban J connectivity index is 2.87. The Labute approximate surface area is 105 Å². The summed E-state index contributed by atoms with van der Waals surface area (Å²) in [5.74, 6) is -3.39. The van der Waals surface area contributed by atoms with E-state index in [1.807, 2.05) is 5.32 Å². The molecule has 0 aliphatic rings. The molecule has 0 fully saturated rings. The number of carbonyl (C=O) groups excluding carboxylic acids is 1. The SMILES string of the molecule is O=C(O)CCNC(=O)c1cc(C(F)(F)F)ccc1F. The molecule has 1 aromatic carbocycles. The maximum Gasteiger partial charge on any atom is 0.416 e. The molecular weight excluding hydrogens is 270 g/mol. The van der Waals surface area contributed by atoms with Crippen LogP contribution in [0.15, 0.2) is 18.2 Å². The third-order valence-electron chi connectivity index (χ3n) is 2.16. The van der Waals surface area contributed by atoms with Crippen molar-refractivity contribution >= 4 is 11.9 Å². The average Bonchev–Trinajstić information content (AvgIpc) is 2.27. The van der Waals surface area contributed by atoms with Gasteiger partial charge in [0.25, 0.3) is 5.91 Å². The van der Waals surface area contributed by atoms with Crippen molar-refractivity contribution in [2.24, 2.45) is 0 Å². The van der Waals surface area contributed by atoms with Gasteiger partial charge in [0.2, 0.25) is 0 Å². The number of carboxylic acid groups (broad SMARTS) is 1. The maximum atomic E-state index is 13.2. The lowest BCUT2D eigenvalue weighted by atomic mass is 10.1. The molecule has 0 saturated carbocycles. The molecule has 4 nitrogen and oxygen atoms in total. The second-order valence-electron chi connectivity index (χ2n) is 3.59. The standard InChI is InChI=1S/C11H9F4NO3/c12-8-2-1-6(11(13,14)15)5-7(8)10(19)16-4-3-9(17)18/h1-2,5H,3-4H2,(H,16,19)(H,17,18). The number of amides is 1. The number of hydrogen-bond acceptors (Lipinski definition) is 2. The van der Waals surface area contributed by atoms with Gasteiger partial charge in [-0.3, -0.25) is 9.59 Å². The molecule has 8 heteroatoms. The van der Waals surface area contributed by atoms with Crippen molar-refractivity contribution in [2.45, 2.75) is 12.6 Å². The first kappa shape index (κ1) is 14.9. The second-order valence-corrected chi connectivity index (χ2v) is 3.59. The number of halogens is 4. The molecule has 0 unspecified atom stereocenters. The highest BCUT2D eigenvalue weighted by molar-refractivity contribution is 5.94. The molecule has 1 rings (SSSR count). The number of alkyl halides is 3. The Morgan fingerprint density at radius 1 is 1.26 bits per heavy atom. The minimum atomic E-state index is -4.69. The highest BCUT2D eigenvalue weighted by Gasteiger charge is 2.31. The summed E-state index contributed by atoms with van der Waals surface area (Å²) in [6, 6.07) is 1.43. The summed E-state index contributed by atoms with van der Waals surface area (Å²) in [4.78, 5) is 21.6.